The van der Waals surface area contributed by atoms with Crippen LogP contribution in [0.2, 0.25) is 0 Å². The summed E-state index contributed by atoms with van der Waals surface area (Å²) < 4.78 is 46.4. The highest BCUT2D eigenvalue weighted by molar-refractivity contribution is 7.77. The number of pyridine rings is 1. The summed E-state index contributed by atoms with van der Waals surface area (Å²) in [5.41, 5.74) is 2.26. The van der Waals surface area contributed by atoms with Crippen LogP contribution in [0.4, 0.5) is 10.3 Å². The smallest absolute Gasteiger partial charge is 0.228 e. The van der Waals surface area contributed by atoms with Gasteiger partial charge in [0, 0.05) is 36.2 Å². The maximum Gasteiger partial charge on any atom is 0.228 e. The molecule has 0 aliphatic carbocycles. The van der Waals surface area contributed by atoms with Crippen molar-refractivity contribution in [3.63, 3.8) is 0 Å². The Morgan fingerprint density at radius 2 is 1.92 bits per heavy atom. The van der Waals surface area contributed by atoms with E-state index in [0.29, 0.717) is 28.3 Å². The average molecular weight is 534 g/mol. The lowest BCUT2D eigenvalue weighted by Gasteiger charge is -2.23. The Kier molecular flexibility index (Phi) is 8.29. The number of aromatic nitrogens is 3. The van der Waals surface area contributed by atoms with Crippen LogP contribution in [0.1, 0.15) is 30.0 Å². The summed E-state index contributed by atoms with van der Waals surface area (Å²) in [5.74, 6) is -0.0314. The van der Waals surface area contributed by atoms with Crippen molar-refractivity contribution in [2.75, 3.05) is 18.4 Å². The zero-order chi connectivity index (χ0) is 26.3. The van der Waals surface area contributed by atoms with E-state index in [1.807, 2.05) is 6.07 Å². The molecule has 0 amide bonds. The van der Waals surface area contributed by atoms with Crippen molar-refractivity contribution < 1.29 is 17.9 Å². The van der Waals surface area contributed by atoms with E-state index in [9.17, 15) is 8.76 Å². The molecule has 0 bridgehead atoms. The molecule has 38 heavy (non-hydrogen) atoms. The highest BCUT2D eigenvalue weighted by Gasteiger charge is 2.19. The van der Waals surface area contributed by atoms with Crippen molar-refractivity contribution in [3.8, 4) is 22.9 Å². The number of rotatable bonds is 9. The van der Waals surface area contributed by atoms with Crippen LogP contribution in [-0.4, -0.2) is 42.8 Å². The number of benzene rings is 2. The molecule has 2 aromatic carbocycles. The van der Waals surface area contributed by atoms with Crippen molar-refractivity contribution in [1.82, 2.24) is 25.0 Å². The molecule has 1 aliphatic rings. The third kappa shape index (κ3) is 6.37. The minimum atomic E-state index is -2.55. The molecular formula is C27H26FN6O3S-. The maximum atomic E-state index is 15.2. The highest BCUT2D eigenvalue weighted by Crippen LogP contribution is 2.33. The Morgan fingerprint density at radius 3 is 2.68 bits per heavy atom. The molecule has 4 aromatic rings. The third-order valence-electron chi connectivity index (χ3n) is 6.18. The Balaban J connectivity index is 1.39. The molecule has 3 N–H and O–H groups in total. The van der Waals surface area contributed by atoms with Gasteiger partial charge >= 0.3 is 0 Å². The summed E-state index contributed by atoms with van der Waals surface area (Å²) in [5, 5.41) is 6.71. The Morgan fingerprint density at radius 1 is 1.05 bits per heavy atom. The van der Waals surface area contributed by atoms with E-state index in [1.54, 1.807) is 60.9 Å². The third-order valence-corrected chi connectivity index (χ3v) is 6.60. The van der Waals surface area contributed by atoms with E-state index < -0.39 is 23.1 Å². The summed E-state index contributed by atoms with van der Waals surface area (Å²) in [6, 6.07) is 18.0. The van der Waals surface area contributed by atoms with Crippen molar-refractivity contribution in [2.24, 2.45) is 0 Å². The van der Waals surface area contributed by atoms with E-state index in [1.165, 1.54) is 12.1 Å². The summed E-state index contributed by atoms with van der Waals surface area (Å²) in [7, 11) is 0. The largest absolute Gasteiger partial charge is 0.760 e. The first-order chi connectivity index (χ1) is 18.6. The number of ether oxygens (including phenoxy) is 1. The summed E-state index contributed by atoms with van der Waals surface area (Å²) in [4.78, 5) is 13.3. The lowest BCUT2D eigenvalue weighted by Crippen LogP contribution is -2.38. The summed E-state index contributed by atoms with van der Waals surface area (Å²) in [6.07, 6.45) is 5.32. The molecule has 0 spiro atoms. The van der Waals surface area contributed by atoms with E-state index >= 15 is 4.39 Å². The summed E-state index contributed by atoms with van der Waals surface area (Å²) in [6.45, 7) is 1.85. The maximum absolute atomic E-state index is 15.2. The Bertz CT molecular complexity index is 1400. The normalized spacial score (nSPS) is 16.9. The number of nitrogens with zero attached hydrogens (tertiary/aromatic N) is 3. The average Bonchev–Trinajstić information content (AvgIpc) is 2.94. The second-order valence-corrected chi connectivity index (χ2v) is 9.50. The van der Waals surface area contributed by atoms with Crippen LogP contribution in [0.15, 0.2) is 79.1 Å². The molecule has 196 valence electrons. The zero-order valence-corrected chi connectivity index (χ0v) is 21.2. The molecule has 9 nitrogen and oxygen atoms in total. The van der Waals surface area contributed by atoms with Crippen molar-refractivity contribution in [1.29, 1.82) is 0 Å². The zero-order valence-electron chi connectivity index (χ0n) is 20.3. The fraction of sp³-hybridized carbons (Fsp3) is 0.222. The minimum Gasteiger partial charge on any atom is -0.760 e. The molecule has 2 aromatic heterocycles. The standard InChI is InChI=1S/C27H27FN6O3S/c28-22-16-19(25(34-38(35)36)18-6-2-1-3-7-18)10-11-24(22)37-26-21(9-5-14-30-26)23-12-15-31-27(33-23)32-20-8-4-13-29-17-20/h1-3,5-7,9-12,14-16,20,25,29,34H,4,8,13,17H2,(H,35,36)(H,31,32,33)/p-1/t20-,25-/m0/s1. The second-order valence-electron chi connectivity index (χ2n) is 8.80. The van der Waals surface area contributed by atoms with E-state index in [4.69, 9.17) is 4.74 Å². The van der Waals surface area contributed by atoms with E-state index in [-0.39, 0.29) is 17.7 Å². The molecule has 3 atom stereocenters. The molecule has 5 rings (SSSR count). The van der Waals surface area contributed by atoms with Gasteiger partial charge in [0.25, 0.3) is 0 Å². The highest BCUT2D eigenvalue weighted by atomic mass is 32.2. The Hall–Kier alpha value is -3.77. The number of hydrogen-bond donors (Lipinski definition) is 3. The van der Waals surface area contributed by atoms with Gasteiger partial charge in [-0.05, 0) is 60.8 Å². The van der Waals surface area contributed by atoms with Crippen LogP contribution in [-0.2, 0) is 11.3 Å². The van der Waals surface area contributed by atoms with Crippen molar-refractivity contribution in [3.05, 3.63) is 96.1 Å². The lowest BCUT2D eigenvalue weighted by atomic mass is 9.99. The summed E-state index contributed by atoms with van der Waals surface area (Å²) >= 11 is -2.55. The van der Waals surface area contributed by atoms with Crippen molar-refractivity contribution in [2.45, 2.75) is 24.9 Å². The molecule has 1 unspecified atom stereocenters. The van der Waals surface area contributed by atoms with Crippen LogP contribution < -0.4 is 20.1 Å². The lowest BCUT2D eigenvalue weighted by molar-refractivity contribution is 0.428. The first-order valence-corrected chi connectivity index (χ1v) is 13.3. The SMILES string of the molecule is O=S([O-])N[C@@H](c1ccccc1)c1ccc(Oc2ncccc2-c2ccnc(N[C@H]3CCCNC3)n2)c(F)c1. The molecule has 1 saturated heterocycles. The second kappa shape index (κ2) is 12.2. The molecule has 0 radical (unpaired) electrons. The molecular weight excluding hydrogens is 507 g/mol. The molecule has 1 aliphatic heterocycles. The first-order valence-electron chi connectivity index (χ1n) is 12.2. The van der Waals surface area contributed by atoms with Gasteiger partial charge in [-0.3, -0.25) is 4.21 Å². The van der Waals surface area contributed by atoms with E-state index in [2.05, 4.69) is 30.3 Å². The number of nitrogens with one attached hydrogen (secondary N) is 3. The van der Waals surface area contributed by atoms with Crippen LogP contribution >= 0.6 is 0 Å². The number of hydrogen-bond acceptors (Lipinski definition) is 8. The van der Waals surface area contributed by atoms with Gasteiger partial charge in [0.1, 0.15) is 0 Å². The number of halogens is 1. The molecule has 11 heteroatoms. The fourth-order valence-electron chi connectivity index (χ4n) is 4.36. The van der Waals surface area contributed by atoms with Crippen LogP contribution in [0.25, 0.3) is 11.3 Å². The van der Waals surface area contributed by atoms with Gasteiger partial charge in [0.05, 0.1) is 17.3 Å². The van der Waals surface area contributed by atoms with Gasteiger partial charge in [-0.2, -0.15) is 0 Å². The van der Waals surface area contributed by atoms with Gasteiger partial charge in [0.2, 0.25) is 11.8 Å². The van der Waals surface area contributed by atoms with Gasteiger partial charge in [-0.25, -0.2) is 24.1 Å². The van der Waals surface area contributed by atoms with Crippen LogP contribution in [0.5, 0.6) is 11.6 Å². The topological polar surface area (TPSA) is 124 Å². The van der Waals surface area contributed by atoms with Gasteiger partial charge in [-0.15, -0.1) is 0 Å². The van der Waals surface area contributed by atoms with Crippen LogP contribution in [0, 0.1) is 5.82 Å². The van der Waals surface area contributed by atoms with Gasteiger partial charge in [0.15, 0.2) is 11.6 Å². The minimum absolute atomic E-state index is 0.0514. The number of anilines is 1. The predicted molar refractivity (Wildman–Crippen MR) is 142 cm³/mol. The van der Waals surface area contributed by atoms with Crippen LogP contribution in [0.3, 0.4) is 0 Å². The Labute approximate surface area is 222 Å². The van der Waals surface area contributed by atoms with Crippen molar-refractivity contribution >= 4 is 17.2 Å². The predicted octanol–water partition coefficient (Wildman–Crippen LogP) is 4.11. The van der Waals surface area contributed by atoms with Gasteiger partial charge < -0.3 is 19.9 Å². The quantitative estimate of drug-likeness (QED) is 0.275. The number of piperidine rings is 1. The van der Waals surface area contributed by atoms with E-state index in [0.717, 1.165) is 25.9 Å². The first kappa shape index (κ1) is 25.9. The van der Waals surface area contributed by atoms with Gasteiger partial charge in [-0.1, -0.05) is 36.4 Å². The molecule has 1 fully saturated rings. The molecule has 3 heterocycles. The molecule has 0 saturated carbocycles. The fourth-order valence-corrected chi connectivity index (χ4v) is 4.82. The monoisotopic (exact) mass is 533 g/mol.